The van der Waals surface area contributed by atoms with Gasteiger partial charge in [-0.25, -0.2) is 0 Å². The van der Waals surface area contributed by atoms with Crippen molar-refractivity contribution < 1.29 is 4.74 Å². The van der Waals surface area contributed by atoms with Crippen LogP contribution in [0.5, 0.6) is 5.75 Å². The van der Waals surface area contributed by atoms with Crippen LogP contribution >= 0.6 is 12.2 Å². The number of aryl methyl sites for hydroxylation is 2. The Hall–Kier alpha value is -1.94. The molecule has 2 N–H and O–H groups in total. The summed E-state index contributed by atoms with van der Waals surface area (Å²) < 4.78 is 5.89. The highest BCUT2D eigenvalue weighted by Crippen LogP contribution is 2.25. The monoisotopic (exact) mass is 286 g/mol. The molecule has 104 valence electrons. The van der Waals surface area contributed by atoms with Crippen LogP contribution in [0.4, 0.5) is 0 Å². The van der Waals surface area contributed by atoms with Gasteiger partial charge in [-0.05, 0) is 48.7 Å². The maximum absolute atomic E-state index is 5.89. The smallest absolute Gasteiger partial charge is 0.125 e. The first-order valence-corrected chi connectivity index (χ1v) is 6.91. The number of benzene rings is 1. The van der Waals surface area contributed by atoms with E-state index in [-0.39, 0.29) is 0 Å². The van der Waals surface area contributed by atoms with Crippen molar-refractivity contribution in [3.63, 3.8) is 0 Å². The maximum Gasteiger partial charge on any atom is 0.125 e. The van der Waals surface area contributed by atoms with Crippen LogP contribution in [0, 0.1) is 13.8 Å². The summed E-state index contributed by atoms with van der Waals surface area (Å²) in [5, 5.41) is 0. The molecule has 2 rings (SSSR count). The third-order valence-electron chi connectivity index (χ3n) is 3.10. The highest BCUT2D eigenvalue weighted by Gasteiger charge is 2.08. The summed E-state index contributed by atoms with van der Waals surface area (Å²) in [6, 6.07) is 7.92. The molecule has 0 saturated carbocycles. The summed E-state index contributed by atoms with van der Waals surface area (Å²) in [6.45, 7) is 4.64. The van der Waals surface area contributed by atoms with E-state index in [4.69, 9.17) is 22.7 Å². The highest BCUT2D eigenvalue weighted by atomic mass is 32.1. The number of nitrogens with zero attached hydrogens (tertiary/aromatic N) is 1. The number of nitrogens with two attached hydrogens (primary N) is 1. The zero-order valence-corrected chi connectivity index (χ0v) is 12.5. The molecule has 0 amide bonds. The zero-order chi connectivity index (χ0) is 14.5. The van der Waals surface area contributed by atoms with Gasteiger partial charge in [0.15, 0.2) is 0 Å². The summed E-state index contributed by atoms with van der Waals surface area (Å²) >= 11 is 5.01. The van der Waals surface area contributed by atoms with Crippen LogP contribution in [-0.2, 0) is 6.42 Å². The number of thiocarbonyl (C=S) groups is 1. The molecule has 20 heavy (non-hydrogen) atoms. The van der Waals surface area contributed by atoms with Gasteiger partial charge in [0.1, 0.15) is 10.7 Å². The molecule has 1 aromatic carbocycles. The Morgan fingerprint density at radius 2 is 2.00 bits per heavy atom. The molecule has 0 radical (unpaired) electrons. The first-order chi connectivity index (χ1) is 9.58. The van der Waals surface area contributed by atoms with Crippen LogP contribution in [0.1, 0.15) is 22.3 Å². The molecule has 0 atom stereocenters. The van der Waals surface area contributed by atoms with Gasteiger partial charge in [-0.15, -0.1) is 0 Å². The molecule has 3 nitrogen and oxygen atoms in total. The summed E-state index contributed by atoms with van der Waals surface area (Å²) in [5.41, 5.74) is 9.82. The van der Waals surface area contributed by atoms with E-state index in [0.717, 1.165) is 28.9 Å². The van der Waals surface area contributed by atoms with Gasteiger partial charge in [0, 0.05) is 24.4 Å². The predicted molar refractivity (Wildman–Crippen MR) is 85.2 cm³/mol. The number of ether oxygens (including phenoxy) is 1. The quantitative estimate of drug-likeness (QED) is 0.859. The molecule has 1 heterocycles. The number of hydrogen-bond acceptors (Lipinski definition) is 3. The van der Waals surface area contributed by atoms with Crippen LogP contribution < -0.4 is 10.5 Å². The largest absolute Gasteiger partial charge is 0.493 e. The third kappa shape index (κ3) is 3.54. The molecule has 0 aliphatic carbocycles. The molecule has 2 aromatic rings. The highest BCUT2D eigenvalue weighted by molar-refractivity contribution is 7.80. The summed E-state index contributed by atoms with van der Waals surface area (Å²) in [7, 11) is 0. The minimum atomic E-state index is 0.415. The Morgan fingerprint density at radius 3 is 2.55 bits per heavy atom. The van der Waals surface area contributed by atoms with Crippen LogP contribution in [0.2, 0.25) is 0 Å². The predicted octanol–water partition coefficient (Wildman–Crippen LogP) is 2.95. The molecule has 0 unspecified atom stereocenters. The Morgan fingerprint density at radius 1 is 1.30 bits per heavy atom. The number of aromatic nitrogens is 1. The van der Waals surface area contributed by atoms with Gasteiger partial charge in [-0.3, -0.25) is 4.98 Å². The van der Waals surface area contributed by atoms with E-state index in [1.165, 1.54) is 5.56 Å². The summed E-state index contributed by atoms with van der Waals surface area (Å²) in [5.74, 6) is 0.911. The molecule has 0 saturated heterocycles. The van der Waals surface area contributed by atoms with Crippen molar-refractivity contribution in [1.29, 1.82) is 0 Å². The maximum atomic E-state index is 5.89. The molecule has 4 heteroatoms. The molecule has 0 spiro atoms. The Kier molecular flexibility index (Phi) is 4.69. The molecule has 0 bridgehead atoms. The standard InChI is InChI=1S/C16H18N2OS/c1-11-8-14(16(17)20)9-12(2)15(11)19-7-5-13-4-3-6-18-10-13/h3-4,6,8-10H,5,7H2,1-2H3,(H2,17,20). The van der Waals surface area contributed by atoms with Crippen LogP contribution in [0.3, 0.4) is 0 Å². The van der Waals surface area contributed by atoms with E-state index in [2.05, 4.69) is 4.98 Å². The van der Waals surface area contributed by atoms with Crippen LogP contribution in [0.15, 0.2) is 36.7 Å². The number of hydrogen-bond donors (Lipinski definition) is 1. The fourth-order valence-corrected chi connectivity index (χ4v) is 2.26. The first kappa shape index (κ1) is 14.5. The van der Waals surface area contributed by atoms with Crippen molar-refractivity contribution in [3.05, 3.63) is 58.9 Å². The first-order valence-electron chi connectivity index (χ1n) is 6.50. The van der Waals surface area contributed by atoms with Gasteiger partial charge in [0.25, 0.3) is 0 Å². The van der Waals surface area contributed by atoms with E-state index in [0.29, 0.717) is 11.6 Å². The van der Waals surface area contributed by atoms with Crippen molar-refractivity contribution in [3.8, 4) is 5.75 Å². The summed E-state index contributed by atoms with van der Waals surface area (Å²) in [4.78, 5) is 4.51. The number of pyridine rings is 1. The van der Waals surface area contributed by atoms with Gasteiger partial charge >= 0.3 is 0 Å². The fraction of sp³-hybridized carbons (Fsp3) is 0.250. The Bertz CT molecular complexity index is 588. The molecular weight excluding hydrogens is 268 g/mol. The second kappa shape index (κ2) is 6.48. The topological polar surface area (TPSA) is 48.1 Å². The lowest BCUT2D eigenvalue weighted by Crippen LogP contribution is -2.11. The number of rotatable bonds is 5. The minimum Gasteiger partial charge on any atom is -0.493 e. The second-order valence-corrected chi connectivity index (χ2v) is 5.20. The average Bonchev–Trinajstić information content (AvgIpc) is 2.42. The molecule has 0 aliphatic heterocycles. The van der Waals surface area contributed by atoms with Gasteiger partial charge in [-0.2, -0.15) is 0 Å². The molecule has 0 fully saturated rings. The zero-order valence-electron chi connectivity index (χ0n) is 11.7. The Balaban J connectivity index is 2.05. The molecular formula is C16H18N2OS. The minimum absolute atomic E-state index is 0.415. The second-order valence-electron chi connectivity index (χ2n) is 4.76. The van der Waals surface area contributed by atoms with E-state index < -0.39 is 0 Å². The van der Waals surface area contributed by atoms with E-state index in [1.807, 2.05) is 44.3 Å². The molecule has 1 aromatic heterocycles. The van der Waals surface area contributed by atoms with Crippen LogP contribution in [-0.4, -0.2) is 16.6 Å². The van der Waals surface area contributed by atoms with Crippen molar-refractivity contribution >= 4 is 17.2 Å². The van der Waals surface area contributed by atoms with Crippen molar-refractivity contribution in [2.45, 2.75) is 20.3 Å². The summed E-state index contributed by atoms with van der Waals surface area (Å²) in [6.07, 6.45) is 4.47. The third-order valence-corrected chi connectivity index (χ3v) is 3.34. The van der Waals surface area contributed by atoms with E-state index in [9.17, 15) is 0 Å². The van der Waals surface area contributed by atoms with Crippen LogP contribution in [0.25, 0.3) is 0 Å². The fourth-order valence-electron chi connectivity index (χ4n) is 2.14. The molecule has 0 aliphatic rings. The van der Waals surface area contributed by atoms with Gasteiger partial charge in [-0.1, -0.05) is 18.3 Å². The lowest BCUT2D eigenvalue weighted by atomic mass is 10.1. The van der Waals surface area contributed by atoms with Crippen molar-refractivity contribution in [2.75, 3.05) is 6.61 Å². The van der Waals surface area contributed by atoms with Gasteiger partial charge < -0.3 is 10.5 Å². The van der Waals surface area contributed by atoms with E-state index in [1.54, 1.807) is 6.20 Å². The van der Waals surface area contributed by atoms with Crippen molar-refractivity contribution in [2.24, 2.45) is 5.73 Å². The Labute approximate surface area is 124 Å². The SMILES string of the molecule is Cc1cc(C(N)=S)cc(C)c1OCCc1cccnc1. The lowest BCUT2D eigenvalue weighted by Gasteiger charge is -2.13. The van der Waals surface area contributed by atoms with E-state index >= 15 is 0 Å². The van der Waals surface area contributed by atoms with Gasteiger partial charge in [0.2, 0.25) is 0 Å². The lowest BCUT2D eigenvalue weighted by molar-refractivity contribution is 0.317. The van der Waals surface area contributed by atoms with Crippen molar-refractivity contribution in [1.82, 2.24) is 4.98 Å². The average molecular weight is 286 g/mol. The normalized spacial score (nSPS) is 10.3. The van der Waals surface area contributed by atoms with Gasteiger partial charge in [0.05, 0.1) is 6.61 Å².